The first kappa shape index (κ1) is 13.4. The Labute approximate surface area is 109 Å². The number of nitrogens with one attached hydrogen (secondary N) is 1. The Hall–Kier alpha value is -1.06. The van der Waals surface area contributed by atoms with Gasteiger partial charge in [0.2, 0.25) is 0 Å². The van der Waals surface area contributed by atoms with Crippen LogP contribution in [0.1, 0.15) is 30.9 Å². The summed E-state index contributed by atoms with van der Waals surface area (Å²) in [4.78, 5) is 0. The lowest BCUT2D eigenvalue weighted by atomic mass is 9.94. The third kappa shape index (κ3) is 3.72. The summed E-state index contributed by atoms with van der Waals surface area (Å²) in [7, 11) is 1.67. The first-order valence-electron chi connectivity index (χ1n) is 6.59. The molecule has 1 atom stereocenters. The quantitative estimate of drug-likeness (QED) is 0.811. The number of methoxy groups -OCH3 is 1. The van der Waals surface area contributed by atoms with Crippen LogP contribution in [0, 0.1) is 6.92 Å². The third-order valence-corrected chi connectivity index (χ3v) is 3.36. The van der Waals surface area contributed by atoms with Crippen molar-refractivity contribution >= 4 is 0 Å². The summed E-state index contributed by atoms with van der Waals surface area (Å²) in [5.74, 6) is 0.854. The molecule has 1 aromatic carbocycles. The van der Waals surface area contributed by atoms with E-state index in [1.165, 1.54) is 18.4 Å². The number of benzene rings is 1. The molecule has 1 aliphatic rings. The van der Waals surface area contributed by atoms with Crippen LogP contribution in [0.5, 0.6) is 5.75 Å². The van der Waals surface area contributed by atoms with Crippen LogP contribution in [-0.2, 0) is 6.42 Å². The van der Waals surface area contributed by atoms with Gasteiger partial charge in [0.05, 0.1) is 12.7 Å². The minimum Gasteiger partial charge on any atom is -0.496 e. The molecule has 0 bridgehead atoms. The molecule has 0 spiro atoms. The van der Waals surface area contributed by atoms with Crippen LogP contribution in [0.4, 0.5) is 0 Å². The van der Waals surface area contributed by atoms with Crippen molar-refractivity contribution in [3.8, 4) is 5.75 Å². The van der Waals surface area contributed by atoms with E-state index in [2.05, 4.69) is 18.3 Å². The second kappa shape index (κ2) is 5.29. The fourth-order valence-corrected chi connectivity index (χ4v) is 2.17. The highest BCUT2D eigenvalue weighted by Crippen LogP contribution is 2.25. The maximum Gasteiger partial charge on any atom is 0.122 e. The van der Waals surface area contributed by atoms with E-state index in [9.17, 15) is 5.11 Å². The van der Waals surface area contributed by atoms with Crippen LogP contribution in [-0.4, -0.2) is 30.4 Å². The topological polar surface area (TPSA) is 41.5 Å². The predicted octanol–water partition coefficient (Wildman–Crippen LogP) is 2.05. The Morgan fingerprint density at radius 3 is 2.78 bits per heavy atom. The summed E-state index contributed by atoms with van der Waals surface area (Å²) in [5, 5.41) is 13.8. The van der Waals surface area contributed by atoms with Gasteiger partial charge in [-0.05, 0) is 38.3 Å². The maximum atomic E-state index is 10.4. The van der Waals surface area contributed by atoms with Gasteiger partial charge in [-0.2, -0.15) is 0 Å². The Balaban J connectivity index is 2.03. The van der Waals surface area contributed by atoms with Crippen molar-refractivity contribution in [3.63, 3.8) is 0 Å². The maximum absolute atomic E-state index is 10.4. The van der Waals surface area contributed by atoms with E-state index in [4.69, 9.17) is 4.74 Å². The standard InChI is InChI=1S/C15H23NO2/c1-11-4-7-14(18-3)12(8-11)9-15(2,17)10-16-13-5-6-13/h4,7-8,13,16-17H,5-6,9-10H2,1-3H3. The molecule has 100 valence electrons. The SMILES string of the molecule is COc1ccc(C)cc1CC(C)(O)CNC1CC1. The highest BCUT2D eigenvalue weighted by atomic mass is 16.5. The largest absolute Gasteiger partial charge is 0.496 e. The second-order valence-corrected chi connectivity index (χ2v) is 5.64. The van der Waals surface area contributed by atoms with Gasteiger partial charge in [0.25, 0.3) is 0 Å². The molecule has 2 rings (SSSR count). The Morgan fingerprint density at radius 2 is 2.17 bits per heavy atom. The Bertz CT molecular complexity index is 411. The van der Waals surface area contributed by atoms with Crippen LogP contribution in [0.3, 0.4) is 0 Å². The fraction of sp³-hybridized carbons (Fsp3) is 0.600. The van der Waals surface area contributed by atoms with Gasteiger partial charge >= 0.3 is 0 Å². The number of hydrogen-bond acceptors (Lipinski definition) is 3. The summed E-state index contributed by atoms with van der Waals surface area (Å²) in [6.45, 7) is 4.57. The average molecular weight is 249 g/mol. The van der Waals surface area contributed by atoms with Gasteiger partial charge in [0.15, 0.2) is 0 Å². The molecule has 1 saturated carbocycles. The summed E-state index contributed by atoms with van der Waals surface area (Å²) in [6, 6.07) is 6.70. The number of rotatable bonds is 6. The minimum absolute atomic E-state index is 0.609. The van der Waals surface area contributed by atoms with Gasteiger partial charge < -0.3 is 15.2 Å². The van der Waals surface area contributed by atoms with Crippen molar-refractivity contribution in [1.82, 2.24) is 5.32 Å². The van der Waals surface area contributed by atoms with Crippen LogP contribution in [0.2, 0.25) is 0 Å². The van der Waals surface area contributed by atoms with Gasteiger partial charge in [0.1, 0.15) is 5.75 Å². The van der Waals surface area contributed by atoms with E-state index >= 15 is 0 Å². The predicted molar refractivity (Wildman–Crippen MR) is 73.1 cm³/mol. The molecule has 1 fully saturated rings. The normalized spacial score (nSPS) is 18.4. The smallest absolute Gasteiger partial charge is 0.122 e. The highest BCUT2D eigenvalue weighted by molar-refractivity contribution is 5.37. The molecule has 1 aliphatic carbocycles. The zero-order valence-electron chi connectivity index (χ0n) is 11.5. The summed E-state index contributed by atoms with van der Waals surface area (Å²) >= 11 is 0. The molecule has 3 heteroatoms. The summed E-state index contributed by atoms with van der Waals surface area (Å²) in [6.07, 6.45) is 3.09. The molecule has 2 N–H and O–H groups in total. The van der Waals surface area contributed by atoms with Crippen LogP contribution in [0.15, 0.2) is 18.2 Å². The van der Waals surface area contributed by atoms with E-state index < -0.39 is 5.60 Å². The van der Waals surface area contributed by atoms with Gasteiger partial charge in [0, 0.05) is 19.0 Å². The average Bonchev–Trinajstić information content (AvgIpc) is 3.10. The van der Waals surface area contributed by atoms with Crippen LogP contribution >= 0.6 is 0 Å². The van der Waals surface area contributed by atoms with E-state index in [0.29, 0.717) is 19.0 Å². The molecule has 0 aromatic heterocycles. The van der Waals surface area contributed by atoms with Crippen LogP contribution in [0.25, 0.3) is 0 Å². The minimum atomic E-state index is -0.732. The molecule has 0 aliphatic heterocycles. The molecule has 1 aromatic rings. The van der Waals surface area contributed by atoms with Crippen molar-refractivity contribution in [2.75, 3.05) is 13.7 Å². The molecule has 0 saturated heterocycles. The Morgan fingerprint density at radius 1 is 1.44 bits per heavy atom. The first-order valence-corrected chi connectivity index (χ1v) is 6.59. The summed E-state index contributed by atoms with van der Waals surface area (Å²) in [5.41, 5.74) is 1.53. The lowest BCUT2D eigenvalue weighted by molar-refractivity contribution is 0.0591. The van der Waals surface area contributed by atoms with Crippen LogP contribution < -0.4 is 10.1 Å². The lowest BCUT2D eigenvalue weighted by Crippen LogP contribution is -2.40. The highest BCUT2D eigenvalue weighted by Gasteiger charge is 2.27. The molecular weight excluding hydrogens is 226 g/mol. The fourth-order valence-electron chi connectivity index (χ4n) is 2.17. The molecule has 1 unspecified atom stereocenters. The zero-order valence-corrected chi connectivity index (χ0v) is 11.5. The number of ether oxygens (including phenoxy) is 1. The van der Waals surface area contributed by atoms with Gasteiger partial charge in [-0.25, -0.2) is 0 Å². The molecule has 0 radical (unpaired) electrons. The molecule has 0 heterocycles. The summed E-state index contributed by atoms with van der Waals surface area (Å²) < 4.78 is 5.35. The lowest BCUT2D eigenvalue weighted by Gasteiger charge is -2.25. The van der Waals surface area contributed by atoms with Gasteiger partial charge in [-0.1, -0.05) is 17.7 Å². The van der Waals surface area contributed by atoms with Crippen molar-refractivity contribution < 1.29 is 9.84 Å². The molecule has 3 nitrogen and oxygen atoms in total. The molecule has 18 heavy (non-hydrogen) atoms. The van der Waals surface area contributed by atoms with Crippen molar-refractivity contribution in [2.24, 2.45) is 0 Å². The van der Waals surface area contributed by atoms with Gasteiger partial charge in [-0.3, -0.25) is 0 Å². The number of aliphatic hydroxyl groups is 1. The van der Waals surface area contributed by atoms with E-state index in [-0.39, 0.29) is 0 Å². The first-order chi connectivity index (χ1) is 8.50. The third-order valence-electron chi connectivity index (χ3n) is 3.36. The Kier molecular flexibility index (Phi) is 3.93. The zero-order chi connectivity index (χ0) is 13.2. The van der Waals surface area contributed by atoms with Crippen molar-refractivity contribution in [1.29, 1.82) is 0 Å². The number of aryl methyl sites for hydroxylation is 1. The number of hydrogen-bond donors (Lipinski definition) is 2. The van der Waals surface area contributed by atoms with E-state index in [0.717, 1.165) is 11.3 Å². The van der Waals surface area contributed by atoms with Gasteiger partial charge in [-0.15, -0.1) is 0 Å². The molecular formula is C15H23NO2. The van der Waals surface area contributed by atoms with Crippen molar-refractivity contribution in [2.45, 2.75) is 44.8 Å². The monoisotopic (exact) mass is 249 g/mol. The second-order valence-electron chi connectivity index (χ2n) is 5.64. The molecule has 0 amide bonds. The van der Waals surface area contributed by atoms with E-state index in [1.54, 1.807) is 7.11 Å². The van der Waals surface area contributed by atoms with Crippen molar-refractivity contribution in [3.05, 3.63) is 29.3 Å². The van der Waals surface area contributed by atoms with E-state index in [1.807, 2.05) is 19.1 Å².